The second-order valence-electron chi connectivity index (χ2n) is 8.04. The van der Waals surface area contributed by atoms with E-state index in [-0.39, 0.29) is 39.6 Å². The molecule has 0 aromatic heterocycles. The zero-order valence-electron chi connectivity index (χ0n) is 18.0. The zero-order valence-corrected chi connectivity index (χ0v) is 19.6. The van der Waals surface area contributed by atoms with Gasteiger partial charge in [-0.25, -0.2) is 4.39 Å². The molecule has 5 nitrogen and oxygen atoms in total. The van der Waals surface area contributed by atoms with E-state index >= 15 is 4.39 Å². The van der Waals surface area contributed by atoms with Crippen LogP contribution < -0.4 is 0 Å². The average molecular weight is 484 g/mol. The topological polar surface area (TPSA) is 67.6 Å². The monoisotopic (exact) mass is 483 g/mol. The van der Waals surface area contributed by atoms with Gasteiger partial charge in [0.25, 0.3) is 0 Å². The first-order valence-corrected chi connectivity index (χ1v) is 11.3. The summed E-state index contributed by atoms with van der Waals surface area (Å²) in [5, 5.41) is 20.7. The first-order chi connectivity index (χ1) is 15.7. The Labute approximate surface area is 202 Å². The smallest absolute Gasteiger partial charge is 0.246 e. The molecule has 1 aliphatic heterocycles. The van der Waals surface area contributed by atoms with Crippen LogP contribution in [0.5, 0.6) is 5.75 Å². The summed E-state index contributed by atoms with van der Waals surface area (Å²) >= 11 is 11.2. The van der Waals surface area contributed by atoms with Crippen molar-refractivity contribution >= 4 is 52.2 Å². The van der Waals surface area contributed by atoms with E-state index in [0.29, 0.717) is 30.2 Å². The highest BCUT2D eigenvalue weighted by molar-refractivity contribution is 7.84. The van der Waals surface area contributed by atoms with Gasteiger partial charge < -0.3 is 14.9 Å². The van der Waals surface area contributed by atoms with E-state index in [2.05, 4.69) is 19.2 Å². The lowest BCUT2D eigenvalue weighted by atomic mass is 9.90. The van der Waals surface area contributed by atoms with E-state index in [1.165, 1.54) is 18.2 Å². The van der Waals surface area contributed by atoms with Crippen molar-refractivity contribution in [1.82, 2.24) is 9.80 Å². The Balaban J connectivity index is 1.72. The van der Waals surface area contributed by atoms with Crippen LogP contribution in [0.1, 0.15) is 12.5 Å². The van der Waals surface area contributed by atoms with Crippen molar-refractivity contribution < 1.29 is 14.3 Å². The van der Waals surface area contributed by atoms with Crippen LogP contribution in [0.4, 0.5) is 4.39 Å². The molecule has 170 valence electrons. The number of phenolic OH excluding ortho intramolecular Hbond substituents is 1. The summed E-state index contributed by atoms with van der Waals surface area (Å²) in [6.45, 7) is 6.89. The molecule has 0 spiro atoms. The molecule has 1 amide bonds. The summed E-state index contributed by atoms with van der Waals surface area (Å²) in [4.78, 5) is 15.6. The fraction of sp³-hybridized carbons (Fsp3) is 0.200. The second-order valence-corrected chi connectivity index (χ2v) is 8.87. The first-order valence-electron chi connectivity index (χ1n) is 10.4. The number of piperazine rings is 1. The Hall–Kier alpha value is -3.03. The minimum atomic E-state index is -0.784. The van der Waals surface area contributed by atoms with Crippen molar-refractivity contribution in [2.24, 2.45) is 0 Å². The molecule has 4 rings (SSSR count). The highest BCUT2D eigenvalue weighted by Gasteiger charge is 2.31. The number of thiol groups is 1. The number of halogens is 2. The molecule has 1 atom stereocenters. The van der Waals surface area contributed by atoms with E-state index in [4.69, 9.17) is 17.0 Å². The highest BCUT2D eigenvalue weighted by Crippen LogP contribution is 2.42. The van der Waals surface area contributed by atoms with Gasteiger partial charge in [0.2, 0.25) is 5.91 Å². The van der Waals surface area contributed by atoms with Gasteiger partial charge in [0.1, 0.15) is 11.5 Å². The molecule has 0 radical (unpaired) electrons. The number of nitrogens with one attached hydrogen (secondary N) is 1. The number of carbonyl (C=O) groups excluding carboxylic acids is 1. The number of phenols is 1. The van der Waals surface area contributed by atoms with Gasteiger partial charge in [-0.2, -0.15) is 0 Å². The molecule has 0 unspecified atom stereocenters. The van der Waals surface area contributed by atoms with Gasteiger partial charge >= 0.3 is 0 Å². The van der Waals surface area contributed by atoms with Crippen LogP contribution in [0.2, 0.25) is 0 Å². The molecule has 2 aliphatic rings. The predicted octanol–water partition coefficient (Wildman–Crippen LogP) is 5.24. The van der Waals surface area contributed by atoms with Crippen LogP contribution in [0.25, 0.3) is 16.3 Å². The second kappa shape index (κ2) is 9.08. The predicted molar refractivity (Wildman–Crippen MR) is 134 cm³/mol. The number of allylic oxidation sites excluding steroid dienone is 5. The molecule has 8 heteroatoms. The van der Waals surface area contributed by atoms with E-state index in [0.717, 1.165) is 10.8 Å². The molecule has 2 aromatic carbocycles. The van der Waals surface area contributed by atoms with E-state index < -0.39 is 5.83 Å². The Bertz CT molecular complexity index is 1280. The van der Waals surface area contributed by atoms with Crippen molar-refractivity contribution in [3.05, 3.63) is 82.2 Å². The summed E-state index contributed by atoms with van der Waals surface area (Å²) in [5.74, 6) is -0.939. The lowest BCUT2D eigenvalue weighted by molar-refractivity contribution is -0.129. The lowest BCUT2D eigenvalue weighted by Gasteiger charge is -2.41. The molecule has 1 aliphatic carbocycles. The van der Waals surface area contributed by atoms with Crippen LogP contribution in [-0.2, 0) is 4.79 Å². The van der Waals surface area contributed by atoms with Gasteiger partial charge in [0.05, 0.1) is 10.1 Å². The number of amides is 1. The summed E-state index contributed by atoms with van der Waals surface area (Å²) in [7, 11) is 0. The SMILES string of the molecule is C=CC(=O)N1CCN(/C(S)=C2\C=C(Cl)C(c3cc(O)cc4ccccc34)=C(F)C2=N)C[C@H]1C. The standard InChI is InChI=1S/C25H23ClFN3O2S/c1-3-21(32)30-9-8-29(13-14(30)2)25(33)19-12-20(26)22(23(27)24(19)28)18-11-16(31)10-15-6-4-5-7-17(15)18/h3-7,10-12,14,28,31,33H,1,8-9,13H2,2H3/b25-19-,28-24?/t14-/m1/s1. The number of hydrogen-bond acceptors (Lipinski definition) is 5. The number of carbonyl (C=O) groups is 1. The fourth-order valence-corrected chi connectivity index (χ4v) is 4.96. The molecule has 1 saturated heterocycles. The zero-order chi connectivity index (χ0) is 23.9. The third-order valence-corrected chi connectivity index (χ3v) is 6.78. The third kappa shape index (κ3) is 4.18. The summed E-state index contributed by atoms with van der Waals surface area (Å²) in [6, 6.07) is 10.2. The van der Waals surface area contributed by atoms with Crippen molar-refractivity contribution in [2.45, 2.75) is 13.0 Å². The normalized spacial score (nSPS) is 20.8. The molecule has 1 heterocycles. The quantitative estimate of drug-likeness (QED) is 0.413. The van der Waals surface area contributed by atoms with Gasteiger partial charge in [0.15, 0.2) is 5.83 Å². The molecular formula is C25H23ClFN3O2S. The Morgan fingerprint density at radius 3 is 2.76 bits per heavy atom. The minimum absolute atomic E-state index is 0.0165. The molecule has 1 fully saturated rings. The minimum Gasteiger partial charge on any atom is -0.508 e. The Morgan fingerprint density at radius 2 is 2.06 bits per heavy atom. The van der Waals surface area contributed by atoms with Crippen molar-refractivity contribution in [2.75, 3.05) is 19.6 Å². The van der Waals surface area contributed by atoms with E-state index in [9.17, 15) is 9.90 Å². The molecular weight excluding hydrogens is 461 g/mol. The third-order valence-electron chi connectivity index (χ3n) is 5.96. The number of benzene rings is 2. The van der Waals surface area contributed by atoms with Crippen LogP contribution in [0.3, 0.4) is 0 Å². The number of fused-ring (bicyclic) bond motifs is 1. The maximum absolute atomic E-state index is 15.6. The molecule has 33 heavy (non-hydrogen) atoms. The highest BCUT2D eigenvalue weighted by atomic mass is 35.5. The van der Waals surface area contributed by atoms with Crippen molar-refractivity contribution in [3.63, 3.8) is 0 Å². The molecule has 0 bridgehead atoms. The molecule has 2 aromatic rings. The molecule has 0 saturated carbocycles. The van der Waals surface area contributed by atoms with Crippen LogP contribution >= 0.6 is 24.2 Å². The average Bonchev–Trinajstić information content (AvgIpc) is 2.80. The number of nitrogens with zero attached hydrogens (tertiary/aromatic N) is 2. The van der Waals surface area contributed by atoms with Crippen LogP contribution in [-0.4, -0.2) is 52.2 Å². The number of rotatable bonds is 3. The van der Waals surface area contributed by atoms with Gasteiger partial charge in [-0.15, -0.1) is 12.6 Å². The number of hydrogen-bond donors (Lipinski definition) is 3. The van der Waals surface area contributed by atoms with Crippen molar-refractivity contribution in [3.8, 4) is 5.75 Å². The van der Waals surface area contributed by atoms with Crippen LogP contribution in [0.15, 0.2) is 76.6 Å². The van der Waals surface area contributed by atoms with Crippen molar-refractivity contribution in [1.29, 1.82) is 5.41 Å². The summed E-state index contributed by atoms with van der Waals surface area (Å²) < 4.78 is 15.6. The summed E-state index contributed by atoms with van der Waals surface area (Å²) in [6.07, 6.45) is 2.83. The molecule has 2 N–H and O–H groups in total. The summed E-state index contributed by atoms with van der Waals surface area (Å²) in [5.41, 5.74) is 0.418. The number of aromatic hydroxyl groups is 1. The maximum atomic E-state index is 15.6. The Kier molecular flexibility index (Phi) is 6.36. The van der Waals surface area contributed by atoms with Gasteiger partial charge in [-0.05, 0) is 47.5 Å². The maximum Gasteiger partial charge on any atom is 0.246 e. The van der Waals surface area contributed by atoms with Gasteiger partial charge in [0, 0.05) is 36.8 Å². The van der Waals surface area contributed by atoms with E-state index in [1.807, 2.05) is 36.1 Å². The largest absolute Gasteiger partial charge is 0.508 e. The van der Waals surface area contributed by atoms with Gasteiger partial charge in [-0.3, -0.25) is 10.2 Å². The van der Waals surface area contributed by atoms with Gasteiger partial charge in [-0.1, -0.05) is 42.4 Å². The van der Waals surface area contributed by atoms with E-state index in [1.54, 1.807) is 11.0 Å². The Morgan fingerprint density at radius 1 is 1.33 bits per heavy atom. The lowest BCUT2D eigenvalue weighted by Crippen LogP contribution is -2.53. The van der Waals surface area contributed by atoms with Crippen LogP contribution in [0, 0.1) is 5.41 Å². The first kappa shape index (κ1) is 23.1. The fourth-order valence-electron chi connectivity index (χ4n) is 4.31.